The standard InChI is InChI=1S/C21H42O4Si/c1-9-26(10-2,11-3)17-16-20(7,8)23-18(22)21(24-25-21)15-13-12-14-19(4,5)6/h9-17H2,1-8H3. The van der Waals surface area contributed by atoms with Crippen LogP contribution in [0.3, 0.4) is 0 Å². The van der Waals surface area contributed by atoms with Crippen LogP contribution in [0.5, 0.6) is 0 Å². The van der Waals surface area contributed by atoms with Gasteiger partial charge in [-0.2, -0.15) is 9.78 Å². The van der Waals surface area contributed by atoms with Crippen LogP contribution in [0, 0.1) is 5.41 Å². The lowest BCUT2D eigenvalue weighted by Gasteiger charge is -2.33. The first kappa shape index (κ1) is 23.6. The molecule has 0 aromatic carbocycles. The summed E-state index contributed by atoms with van der Waals surface area (Å²) in [6.07, 6.45) is 4.59. The van der Waals surface area contributed by atoms with Crippen LogP contribution in [0.25, 0.3) is 0 Å². The summed E-state index contributed by atoms with van der Waals surface area (Å²) in [5.41, 5.74) is -0.155. The zero-order valence-electron chi connectivity index (χ0n) is 18.5. The molecular formula is C21H42O4Si. The van der Waals surface area contributed by atoms with Gasteiger partial charge in [-0.1, -0.05) is 72.1 Å². The summed E-state index contributed by atoms with van der Waals surface area (Å²) >= 11 is 0. The van der Waals surface area contributed by atoms with Crippen LogP contribution in [0.15, 0.2) is 0 Å². The molecule has 1 heterocycles. The molecule has 1 rings (SSSR count). The lowest BCUT2D eigenvalue weighted by Crippen LogP contribution is -2.39. The fourth-order valence-corrected chi connectivity index (χ4v) is 7.24. The Bertz CT molecular complexity index is 437. The predicted octanol–water partition coefficient (Wildman–Crippen LogP) is 6.47. The van der Waals surface area contributed by atoms with E-state index in [-0.39, 0.29) is 5.97 Å². The average molecular weight is 387 g/mol. The first-order valence-electron chi connectivity index (χ1n) is 10.5. The summed E-state index contributed by atoms with van der Waals surface area (Å²) in [5.74, 6) is -1.49. The SMILES string of the molecule is CC[Si](CC)(CC)CCC(C)(C)OC(=O)C1(CCCCC(C)(C)C)OO1. The van der Waals surface area contributed by atoms with Crippen molar-refractivity contribution in [1.82, 2.24) is 0 Å². The van der Waals surface area contributed by atoms with Crippen LogP contribution in [0.2, 0.25) is 24.2 Å². The number of carbonyl (C=O) groups is 1. The van der Waals surface area contributed by atoms with Crippen molar-refractivity contribution in [2.75, 3.05) is 0 Å². The molecule has 0 N–H and O–H groups in total. The molecule has 0 bridgehead atoms. The van der Waals surface area contributed by atoms with Gasteiger partial charge in [-0.3, -0.25) is 0 Å². The molecule has 0 aromatic heterocycles. The van der Waals surface area contributed by atoms with E-state index >= 15 is 0 Å². The van der Waals surface area contributed by atoms with E-state index in [0.29, 0.717) is 11.8 Å². The van der Waals surface area contributed by atoms with Crippen LogP contribution in [0.4, 0.5) is 0 Å². The highest BCUT2D eigenvalue weighted by Gasteiger charge is 2.58. The van der Waals surface area contributed by atoms with Crippen LogP contribution in [-0.4, -0.2) is 25.4 Å². The highest BCUT2D eigenvalue weighted by atomic mass is 28.3. The second kappa shape index (κ2) is 9.20. The Balaban J connectivity index is 2.49. The van der Waals surface area contributed by atoms with Crippen molar-refractivity contribution in [2.24, 2.45) is 5.41 Å². The normalized spacial score (nSPS) is 17.2. The van der Waals surface area contributed by atoms with Crippen molar-refractivity contribution in [3.63, 3.8) is 0 Å². The Morgan fingerprint density at radius 3 is 1.88 bits per heavy atom. The molecule has 1 aliphatic heterocycles. The maximum Gasteiger partial charge on any atom is 0.373 e. The zero-order valence-corrected chi connectivity index (χ0v) is 19.5. The van der Waals surface area contributed by atoms with Gasteiger partial charge in [0.05, 0.1) is 8.07 Å². The minimum atomic E-state index is -1.21. The van der Waals surface area contributed by atoms with Crippen molar-refractivity contribution in [1.29, 1.82) is 0 Å². The molecule has 1 fully saturated rings. The Hall–Kier alpha value is -0.393. The van der Waals surface area contributed by atoms with E-state index in [4.69, 9.17) is 14.5 Å². The molecule has 0 unspecified atom stereocenters. The van der Waals surface area contributed by atoms with Crippen LogP contribution in [0.1, 0.15) is 87.5 Å². The number of carbonyl (C=O) groups excluding carboxylic acids is 1. The van der Waals surface area contributed by atoms with Gasteiger partial charge in [-0.05, 0) is 38.5 Å². The Kier molecular flexibility index (Phi) is 8.37. The van der Waals surface area contributed by atoms with Gasteiger partial charge >= 0.3 is 11.8 Å². The molecular weight excluding hydrogens is 344 g/mol. The monoisotopic (exact) mass is 386 g/mol. The number of esters is 1. The second-order valence-electron chi connectivity index (χ2n) is 9.90. The highest BCUT2D eigenvalue weighted by Crippen LogP contribution is 2.39. The molecule has 0 atom stereocenters. The average Bonchev–Trinajstić information content (AvgIpc) is 3.33. The minimum Gasteiger partial charge on any atom is -0.456 e. The molecule has 4 nitrogen and oxygen atoms in total. The van der Waals surface area contributed by atoms with E-state index in [0.717, 1.165) is 25.7 Å². The maximum atomic E-state index is 12.6. The van der Waals surface area contributed by atoms with Crippen molar-refractivity contribution in [3.8, 4) is 0 Å². The maximum absolute atomic E-state index is 12.6. The van der Waals surface area contributed by atoms with Gasteiger partial charge in [0, 0.05) is 6.42 Å². The van der Waals surface area contributed by atoms with Gasteiger partial charge in [0.15, 0.2) is 0 Å². The number of ether oxygens (including phenoxy) is 1. The molecule has 154 valence electrons. The molecule has 5 heteroatoms. The molecule has 0 saturated carbocycles. The molecule has 0 radical (unpaired) electrons. The largest absolute Gasteiger partial charge is 0.456 e. The summed E-state index contributed by atoms with van der Waals surface area (Å²) in [4.78, 5) is 22.8. The van der Waals surface area contributed by atoms with E-state index in [9.17, 15) is 4.79 Å². The van der Waals surface area contributed by atoms with Crippen molar-refractivity contribution in [3.05, 3.63) is 0 Å². The second-order valence-corrected chi connectivity index (χ2v) is 15.5. The lowest BCUT2D eigenvalue weighted by molar-refractivity contribution is -0.164. The van der Waals surface area contributed by atoms with Gasteiger partial charge in [0.2, 0.25) is 0 Å². The van der Waals surface area contributed by atoms with Gasteiger partial charge in [0.25, 0.3) is 0 Å². The van der Waals surface area contributed by atoms with Crippen molar-refractivity contribution in [2.45, 2.75) is 123 Å². The van der Waals surface area contributed by atoms with Gasteiger partial charge in [0.1, 0.15) is 5.60 Å². The summed E-state index contributed by atoms with van der Waals surface area (Å²) in [6.45, 7) is 17.7. The highest BCUT2D eigenvalue weighted by molar-refractivity contribution is 6.79. The summed E-state index contributed by atoms with van der Waals surface area (Å²) < 4.78 is 5.83. The van der Waals surface area contributed by atoms with Crippen molar-refractivity contribution < 1.29 is 19.3 Å². The fraction of sp³-hybridized carbons (Fsp3) is 0.952. The van der Waals surface area contributed by atoms with Crippen LogP contribution < -0.4 is 0 Å². The Labute approximate surface area is 162 Å². The first-order chi connectivity index (χ1) is 11.9. The van der Waals surface area contributed by atoms with Gasteiger partial charge < -0.3 is 4.74 Å². The molecule has 1 saturated heterocycles. The van der Waals surface area contributed by atoms with Crippen molar-refractivity contribution >= 4 is 14.0 Å². The van der Waals surface area contributed by atoms with Gasteiger partial charge in [-0.15, -0.1) is 0 Å². The third kappa shape index (κ3) is 7.32. The van der Waals surface area contributed by atoms with Gasteiger partial charge in [-0.25, -0.2) is 4.79 Å². The molecule has 0 aromatic rings. The van der Waals surface area contributed by atoms with Crippen LogP contribution in [-0.2, 0) is 19.3 Å². The Morgan fingerprint density at radius 1 is 0.923 bits per heavy atom. The van der Waals surface area contributed by atoms with Crippen LogP contribution >= 0.6 is 0 Å². The summed E-state index contributed by atoms with van der Waals surface area (Å²) in [6, 6.07) is 5.10. The molecule has 0 aliphatic carbocycles. The molecule has 0 spiro atoms. The van der Waals surface area contributed by atoms with E-state index < -0.39 is 19.5 Å². The van der Waals surface area contributed by atoms with E-state index in [1.165, 1.54) is 24.2 Å². The third-order valence-corrected chi connectivity index (χ3v) is 12.0. The lowest BCUT2D eigenvalue weighted by atomic mass is 9.89. The zero-order chi connectivity index (χ0) is 20.1. The first-order valence-corrected chi connectivity index (χ1v) is 13.4. The third-order valence-electron chi connectivity index (χ3n) is 6.15. The quantitative estimate of drug-likeness (QED) is 0.127. The minimum absolute atomic E-state index is 0.315. The van der Waals surface area contributed by atoms with E-state index in [1.54, 1.807) is 0 Å². The predicted molar refractivity (Wildman–Crippen MR) is 110 cm³/mol. The fourth-order valence-electron chi connectivity index (χ4n) is 3.54. The Morgan fingerprint density at radius 2 is 1.46 bits per heavy atom. The molecule has 0 amide bonds. The van der Waals surface area contributed by atoms with E-state index in [1.807, 2.05) is 13.8 Å². The number of rotatable bonds is 12. The molecule has 1 aliphatic rings. The number of hydrogen-bond acceptors (Lipinski definition) is 4. The number of unbranched alkanes of at least 4 members (excludes halogenated alkanes) is 1. The topological polar surface area (TPSA) is 51.4 Å². The molecule has 26 heavy (non-hydrogen) atoms. The summed E-state index contributed by atoms with van der Waals surface area (Å²) in [5, 5.41) is 0. The smallest absolute Gasteiger partial charge is 0.373 e. The van der Waals surface area contributed by atoms with E-state index in [2.05, 4.69) is 41.5 Å². The number of hydrogen-bond donors (Lipinski definition) is 0. The summed E-state index contributed by atoms with van der Waals surface area (Å²) in [7, 11) is -1.21.